The summed E-state index contributed by atoms with van der Waals surface area (Å²) in [5.41, 5.74) is 2.52. The zero-order valence-corrected chi connectivity index (χ0v) is 11.2. The van der Waals surface area contributed by atoms with Crippen LogP contribution in [0.2, 0.25) is 0 Å². The fourth-order valence-electron chi connectivity index (χ4n) is 1.94. The first-order valence-electron chi connectivity index (χ1n) is 6.45. The molecule has 0 spiro atoms. The molecule has 0 atom stereocenters. The summed E-state index contributed by atoms with van der Waals surface area (Å²) in [5.74, 6) is 1.42. The van der Waals surface area contributed by atoms with Crippen LogP contribution in [0.5, 0.6) is 0 Å². The van der Waals surface area contributed by atoms with Crippen molar-refractivity contribution in [2.45, 2.75) is 13.1 Å². The maximum atomic E-state index is 8.74. The number of pyridine rings is 1. The minimum Gasteiger partial charge on any atom is -0.353 e. The number of rotatable bonds is 5. The van der Waals surface area contributed by atoms with Gasteiger partial charge in [0.25, 0.3) is 0 Å². The molecule has 0 aliphatic rings. The number of nitrogens with zero attached hydrogens (tertiary/aromatic N) is 4. The van der Waals surface area contributed by atoms with Crippen LogP contribution in [-0.2, 0) is 13.1 Å². The second-order valence-corrected chi connectivity index (χ2v) is 4.48. The third-order valence-corrected chi connectivity index (χ3v) is 2.96. The Bertz CT molecular complexity index is 751. The van der Waals surface area contributed by atoms with Crippen LogP contribution in [0, 0.1) is 11.3 Å². The van der Waals surface area contributed by atoms with Crippen LogP contribution in [0.25, 0.3) is 11.4 Å². The van der Waals surface area contributed by atoms with Crippen LogP contribution in [0.4, 0.5) is 0 Å². The number of aromatic amines is 2. The van der Waals surface area contributed by atoms with Crippen molar-refractivity contribution in [2.24, 2.45) is 0 Å². The topological polar surface area (TPSA) is 106 Å². The first-order valence-corrected chi connectivity index (χ1v) is 6.45. The smallest absolute Gasteiger partial charge is 0.181 e. The van der Waals surface area contributed by atoms with Gasteiger partial charge in [0.1, 0.15) is 17.6 Å². The Hall–Kier alpha value is -2.98. The van der Waals surface area contributed by atoms with Gasteiger partial charge in [0.2, 0.25) is 0 Å². The molecule has 0 aliphatic carbocycles. The highest BCUT2D eigenvalue weighted by atomic mass is 15.2. The number of H-pyrrole nitrogens is 2. The molecule has 0 fully saturated rings. The predicted molar refractivity (Wildman–Crippen MR) is 75.7 cm³/mol. The molecule has 0 aliphatic heterocycles. The van der Waals surface area contributed by atoms with Gasteiger partial charge in [-0.25, -0.2) is 4.98 Å². The van der Waals surface area contributed by atoms with E-state index in [1.165, 1.54) is 0 Å². The fourth-order valence-corrected chi connectivity index (χ4v) is 1.94. The Kier molecular flexibility index (Phi) is 3.71. The number of hydrogen-bond acceptors (Lipinski definition) is 5. The number of hydrogen-bond donors (Lipinski definition) is 3. The summed E-state index contributed by atoms with van der Waals surface area (Å²) in [4.78, 5) is 11.3. The van der Waals surface area contributed by atoms with Crippen LogP contribution in [-0.4, -0.2) is 25.1 Å². The van der Waals surface area contributed by atoms with Gasteiger partial charge >= 0.3 is 0 Å². The van der Waals surface area contributed by atoms with Crippen LogP contribution in [0.15, 0.2) is 36.8 Å². The maximum Gasteiger partial charge on any atom is 0.181 e. The maximum absolute atomic E-state index is 8.74. The Morgan fingerprint density at radius 1 is 1.24 bits per heavy atom. The van der Waals surface area contributed by atoms with E-state index in [1.54, 1.807) is 12.4 Å². The van der Waals surface area contributed by atoms with E-state index >= 15 is 0 Å². The van der Waals surface area contributed by atoms with Crippen molar-refractivity contribution in [3.63, 3.8) is 0 Å². The van der Waals surface area contributed by atoms with Crippen molar-refractivity contribution < 1.29 is 0 Å². The highest BCUT2D eigenvalue weighted by Gasteiger charge is 2.05. The molecule has 21 heavy (non-hydrogen) atoms. The molecule has 3 rings (SSSR count). The van der Waals surface area contributed by atoms with Gasteiger partial charge in [-0.15, -0.1) is 0 Å². The lowest BCUT2D eigenvalue weighted by atomic mass is 10.2. The van der Waals surface area contributed by atoms with Crippen molar-refractivity contribution >= 4 is 0 Å². The molecule has 0 saturated carbocycles. The van der Waals surface area contributed by atoms with Gasteiger partial charge in [0.15, 0.2) is 5.82 Å². The van der Waals surface area contributed by atoms with E-state index in [1.807, 2.05) is 24.4 Å². The largest absolute Gasteiger partial charge is 0.353 e. The normalized spacial score (nSPS) is 10.4. The first kappa shape index (κ1) is 13.0. The Morgan fingerprint density at radius 3 is 2.86 bits per heavy atom. The molecule has 0 amide bonds. The van der Waals surface area contributed by atoms with Crippen molar-refractivity contribution in [1.82, 2.24) is 30.5 Å². The summed E-state index contributed by atoms with van der Waals surface area (Å²) in [6, 6.07) is 7.60. The van der Waals surface area contributed by atoms with Crippen LogP contribution in [0.1, 0.15) is 17.1 Å². The second kappa shape index (κ2) is 5.98. The average molecular weight is 279 g/mol. The van der Waals surface area contributed by atoms with Gasteiger partial charge in [-0.05, 0) is 23.8 Å². The zero-order chi connectivity index (χ0) is 14.5. The summed E-state index contributed by atoms with van der Waals surface area (Å²) >= 11 is 0. The SMILES string of the molecule is N#Cc1cc(CNCc2nc(-c3ccncc3)n[nH]2)c[nH]1. The molecule has 104 valence electrons. The molecule has 3 N–H and O–H groups in total. The summed E-state index contributed by atoms with van der Waals surface area (Å²) < 4.78 is 0. The van der Waals surface area contributed by atoms with Gasteiger partial charge in [0, 0.05) is 30.7 Å². The highest BCUT2D eigenvalue weighted by molar-refractivity contribution is 5.52. The quantitative estimate of drug-likeness (QED) is 0.653. The van der Waals surface area contributed by atoms with E-state index in [-0.39, 0.29) is 0 Å². The Balaban J connectivity index is 1.57. The molecule has 0 unspecified atom stereocenters. The predicted octanol–water partition coefficient (Wildman–Crippen LogP) is 1.36. The molecule has 7 heteroatoms. The Morgan fingerprint density at radius 2 is 2.10 bits per heavy atom. The fraction of sp³-hybridized carbons (Fsp3) is 0.143. The number of nitriles is 1. The van der Waals surface area contributed by atoms with Crippen molar-refractivity contribution in [3.8, 4) is 17.5 Å². The van der Waals surface area contributed by atoms with Crippen molar-refractivity contribution in [2.75, 3.05) is 0 Å². The van der Waals surface area contributed by atoms with Gasteiger partial charge in [-0.3, -0.25) is 10.1 Å². The second-order valence-electron chi connectivity index (χ2n) is 4.48. The minimum atomic E-state index is 0.562. The van der Waals surface area contributed by atoms with Gasteiger partial charge < -0.3 is 10.3 Å². The van der Waals surface area contributed by atoms with Crippen LogP contribution < -0.4 is 5.32 Å². The molecular weight excluding hydrogens is 266 g/mol. The van der Waals surface area contributed by atoms with Crippen molar-refractivity contribution in [3.05, 3.63) is 53.9 Å². The van der Waals surface area contributed by atoms with Crippen LogP contribution in [0.3, 0.4) is 0 Å². The molecular formula is C14H13N7. The van der Waals surface area contributed by atoms with E-state index in [2.05, 4.69) is 36.5 Å². The van der Waals surface area contributed by atoms with Gasteiger partial charge in [-0.1, -0.05) is 0 Å². The average Bonchev–Trinajstić information content (AvgIpc) is 3.17. The van der Waals surface area contributed by atoms with E-state index in [9.17, 15) is 0 Å². The summed E-state index contributed by atoms with van der Waals surface area (Å²) in [6.07, 6.45) is 5.24. The zero-order valence-electron chi connectivity index (χ0n) is 11.2. The molecule has 0 radical (unpaired) electrons. The molecule has 0 aromatic carbocycles. The Labute approximate surface area is 121 Å². The number of nitrogens with one attached hydrogen (secondary N) is 3. The third kappa shape index (κ3) is 3.13. The van der Waals surface area contributed by atoms with Gasteiger partial charge in [0.05, 0.1) is 6.54 Å². The van der Waals surface area contributed by atoms with E-state index in [4.69, 9.17) is 5.26 Å². The van der Waals surface area contributed by atoms with E-state index in [0.717, 1.165) is 17.0 Å². The van der Waals surface area contributed by atoms with Gasteiger partial charge in [-0.2, -0.15) is 10.4 Å². The lowest BCUT2D eigenvalue weighted by Gasteiger charge is -1.99. The molecule has 0 bridgehead atoms. The highest BCUT2D eigenvalue weighted by Crippen LogP contribution is 2.12. The summed E-state index contributed by atoms with van der Waals surface area (Å²) in [7, 11) is 0. The number of aromatic nitrogens is 5. The lowest BCUT2D eigenvalue weighted by Crippen LogP contribution is -2.13. The van der Waals surface area contributed by atoms with Crippen LogP contribution >= 0.6 is 0 Å². The van der Waals surface area contributed by atoms with E-state index in [0.29, 0.717) is 24.6 Å². The molecule has 3 heterocycles. The minimum absolute atomic E-state index is 0.562. The molecule has 3 aromatic heterocycles. The monoisotopic (exact) mass is 279 g/mol. The lowest BCUT2D eigenvalue weighted by molar-refractivity contribution is 0.665. The van der Waals surface area contributed by atoms with E-state index < -0.39 is 0 Å². The summed E-state index contributed by atoms with van der Waals surface area (Å²) in [6.45, 7) is 1.23. The molecule has 3 aromatic rings. The first-order chi connectivity index (χ1) is 10.3. The molecule has 0 saturated heterocycles. The van der Waals surface area contributed by atoms with Crippen molar-refractivity contribution in [1.29, 1.82) is 5.26 Å². The standard InChI is InChI=1S/C14H13N7/c15-6-12-5-10(8-18-12)7-17-9-13-19-14(21-20-13)11-1-3-16-4-2-11/h1-5,8,17-18H,7,9H2,(H,19,20,21). The summed E-state index contributed by atoms with van der Waals surface area (Å²) in [5, 5.41) is 19.1. The molecule has 7 nitrogen and oxygen atoms in total. The third-order valence-electron chi connectivity index (χ3n) is 2.96.